The first-order valence-electron chi connectivity index (χ1n) is 9.29. The third-order valence-corrected chi connectivity index (χ3v) is 5.48. The first-order chi connectivity index (χ1) is 12.7. The summed E-state index contributed by atoms with van der Waals surface area (Å²) in [4.78, 5) is 24.8. The lowest BCUT2D eigenvalue weighted by molar-refractivity contribution is -0.121. The van der Waals surface area contributed by atoms with Gasteiger partial charge in [0.2, 0.25) is 23.1 Å². The molecule has 27 heavy (non-hydrogen) atoms. The molecule has 0 aromatic carbocycles. The second kappa shape index (κ2) is 11.2. The number of carbonyl (C=O) groups excluding carboxylic acids is 2. The highest BCUT2D eigenvalue weighted by atomic mass is 32.2. The number of hydrogen-bond donors (Lipinski definition) is 1. The maximum Gasteiger partial charge on any atom is 0.264 e. The van der Waals surface area contributed by atoms with Crippen molar-refractivity contribution in [3.8, 4) is 0 Å². The van der Waals surface area contributed by atoms with E-state index < -0.39 is 10.1 Å². The number of rotatable bonds is 13. The molecule has 0 heterocycles. The molecular weight excluding hydrogens is 372 g/mol. The van der Waals surface area contributed by atoms with Gasteiger partial charge in [-0.2, -0.15) is 8.42 Å². The van der Waals surface area contributed by atoms with Gasteiger partial charge in [-0.25, -0.2) is 0 Å². The van der Waals surface area contributed by atoms with E-state index in [1.54, 1.807) is 6.92 Å². The van der Waals surface area contributed by atoms with Gasteiger partial charge >= 0.3 is 0 Å². The highest BCUT2D eigenvalue weighted by molar-refractivity contribution is 7.85. The molecule has 0 atom stereocenters. The molecular formula is C19H30O7S. The van der Waals surface area contributed by atoms with Gasteiger partial charge in [0.1, 0.15) is 0 Å². The predicted octanol–water partition coefficient (Wildman–Crippen LogP) is 3.36. The van der Waals surface area contributed by atoms with Crippen molar-refractivity contribution >= 4 is 21.7 Å². The number of hydrogen-bond acceptors (Lipinski definition) is 6. The normalized spacial score (nSPS) is 15.6. The fourth-order valence-corrected chi connectivity index (χ4v) is 3.71. The van der Waals surface area contributed by atoms with E-state index in [0.717, 1.165) is 44.9 Å². The van der Waals surface area contributed by atoms with Crippen molar-refractivity contribution in [1.82, 2.24) is 0 Å². The number of ether oxygens (including phenoxy) is 2. The van der Waals surface area contributed by atoms with Crippen LogP contribution >= 0.6 is 0 Å². The predicted molar refractivity (Wildman–Crippen MR) is 102 cm³/mol. The second-order valence-corrected chi connectivity index (χ2v) is 8.26. The number of ketones is 2. The molecule has 7 nitrogen and oxygen atoms in total. The van der Waals surface area contributed by atoms with E-state index in [2.05, 4.69) is 0 Å². The molecule has 0 amide bonds. The molecule has 1 N–H and O–H groups in total. The van der Waals surface area contributed by atoms with Crippen LogP contribution in [0.15, 0.2) is 22.7 Å². The van der Waals surface area contributed by atoms with Gasteiger partial charge in [-0.05, 0) is 26.2 Å². The van der Waals surface area contributed by atoms with E-state index >= 15 is 0 Å². The summed E-state index contributed by atoms with van der Waals surface area (Å²) in [6.45, 7) is 1.65. The quantitative estimate of drug-likeness (QED) is 0.286. The topological polar surface area (TPSA) is 107 Å². The number of unbranched alkanes of at least 4 members (excludes halogenated alkanes) is 7. The van der Waals surface area contributed by atoms with Crippen molar-refractivity contribution in [2.24, 2.45) is 0 Å². The van der Waals surface area contributed by atoms with Crippen LogP contribution in [0.4, 0.5) is 0 Å². The Labute approximate surface area is 161 Å². The Kier molecular flexibility index (Phi) is 9.73. The smallest absolute Gasteiger partial charge is 0.264 e. The molecule has 0 bridgehead atoms. The highest BCUT2D eigenvalue weighted by Crippen LogP contribution is 2.28. The van der Waals surface area contributed by atoms with Crippen molar-refractivity contribution in [2.45, 2.75) is 64.7 Å². The lowest BCUT2D eigenvalue weighted by Crippen LogP contribution is -2.25. The summed E-state index contributed by atoms with van der Waals surface area (Å²) < 4.78 is 39.9. The lowest BCUT2D eigenvalue weighted by atomic mass is 9.89. The number of allylic oxidation sites excluding steroid dienone is 2. The average molecular weight is 403 g/mol. The largest absolute Gasteiger partial charge is 0.489 e. The Hall–Kier alpha value is -1.67. The first-order valence-corrected chi connectivity index (χ1v) is 10.9. The lowest BCUT2D eigenvalue weighted by Gasteiger charge is -2.20. The molecule has 154 valence electrons. The summed E-state index contributed by atoms with van der Waals surface area (Å²) >= 11 is 0. The fraction of sp³-hybridized carbons (Fsp3) is 0.684. The van der Waals surface area contributed by atoms with Crippen molar-refractivity contribution in [3.05, 3.63) is 22.7 Å². The highest BCUT2D eigenvalue weighted by Gasteiger charge is 2.34. The third-order valence-electron chi connectivity index (χ3n) is 4.67. The number of carbonyl (C=O) groups is 2. The molecule has 0 spiro atoms. The summed E-state index contributed by atoms with van der Waals surface area (Å²) in [5, 5.41) is 0. The second-order valence-electron chi connectivity index (χ2n) is 6.69. The van der Waals surface area contributed by atoms with Crippen LogP contribution in [0.3, 0.4) is 0 Å². The number of Topliss-reactive ketones (excluding diaryl/α,β-unsaturated/α-hetero) is 2. The molecule has 8 heteroatoms. The van der Waals surface area contributed by atoms with E-state index in [4.69, 9.17) is 14.0 Å². The Balaban J connectivity index is 2.29. The maximum absolute atomic E-state index is 12.5. The summed E-state index contributed by atoms with van der Waals surface area (Å²) in [6, 6.07) is 0. The van der Waals surface area contributed by atoms with E-state index in [9.17, 15) is 18.0 Å². The molecule has 0 fully saturated rings. The van der Waals surface area contributed by atoms with Crippen LogP contribution < -0.4 is 0 Å². The van der Waals surface area contributed by atoms with Crippen LogP contribution in [0.1, 0.15) is 64.7 Å². The van der Waals surface area contributed by atoms with Gasteiger partial charge in [-0.3, -0.25) is 14.1 Å². The molecule has 0 radical (unpaired) electrons. The van der Waals surface area contributed by atoms with Crippen molar-refractivity contribution in [2.75, 3.05) is 20.0 Å². The van der Waals surface area contributed by atoms with E-state index in [-0.39, 0.29) is 28.8 Å². The molecule has 0 saturated heterocycles. The van der Waals surface area contributed by atoms with Crippen molar-refractivity contribution < 1.29 is 32.0 Å². The molecule has 0 aromatic rings. The maximum atomic E-state index is 12.5. The Morgan fingerprint density at radius 1 is 0.778 bits per heavy atom. The molecule has 1 rings (SSSR count). The Morgan fingerprint density at radius 2 is 1.22 bits per heavy atom. The summed E-state index contributed by atoms with van der Waals surface area (Å²) in [7, 11) is -1.14. The standard InChI is InChI=1S/C19H30O7S/c1-14-15(17(21)19(26-3)18(25-2)16(14)20)12-10-8-6-4-5-7-9-11-13-27(22,23)24/h4-13H2,1-3H3,(H,22,23,24). The van der Waals surface area contributed by atoms with Gasteiger partial charge < -0.3 is 9.47 Å². The van der Waals surface area contributed by atoms with Gasteiger partial charge in [0.15, 0.2) is 0 Å². The Morgan fingerprint density at radius 3 is 1.70 bits per heavy atom. The molecule has 1 aliphatic carbocycles. The summed E-state index contributed by atoms with van der Waals surface area (Å²) in [5.74, 6) is -0.790. The third kappa shape index (κ3) is 7.46. The zero-order valence-corrected chi connectivity index (χ0v) is 17.2. The minimum absolute atomic E-state index is 0.0204. The molecule has 0 aliphatic heterocycles. The monoisotopic (exact) mass is 402 g/mol. The van der Waals surface area contributed by atoms with Crippen LogP contribution in [0.5, 0.6) is 0 Å². The van der Waals surface area contributed by atoms with E-state index in [1.807, 2.05) is 0 Å². The van der Waals surface area contributed by atoms with Crippen LogP contribution in [0.2, 0.25) is 0 Å². The van der Waals surface area contributed by atoms with Crippen LogP contribution in [-0.2, 0) is 29.2 Å². The Bertz CT molecular complexity index is 702. The molecule has 1 aliphatic rings. The average Bonchev–Trinajstić information content (AvgIpc) is 2.60. The molecule has 0 saturated carbocycles. The van der Waals surface area contributed by atoms with Gasteiger partial charge in [0.05, 0.1) is 20.0 Å². The van der Waals surface area contributed by atoms with E-state index in [1.165, 1.54) is 14.2 Å². The minimum atomic E-state index is -3.84. The number of methoxy groups -OCH3 is 2. The minimum Gasteiger partial charge on any atom is -0.489 e. The zero-order valence-electron chi connectivity index (χ0n) is 16.4. The van der Waals surface area contributed by atoms with E-state index in [0.29, 0.717) is 24.0 Å². The van der Waals surface area contributed by atoms with Crippen LogP contribution in [-0.4, -0.2) is 44.5 Å². The van der Waals surface area contributed by atoms with Gasteiger partial charge in [0.25, 0.3) is 10.1 Å². The summed E-state index contributed by atoms with van der Waals surface area (Å²) in [5.41, 5.74) is 0.930. The fourth-order valence-electron chi connectivity index (χ4n) is 3.14. The van der Waals surface area contributed by atoms with Crippen molar-refractivity contribution in [3.63, 3.8) is 0 Å². The molecule has 0 aromatic heterocycles. The van der Waals surface area contributed by atoms with Gasteiger partial charge in [-0.15, -0.1) is 0 Å². The van der Waals surface area contributed by atoms with Gasteiger partial charge in [-0.1, -0.05) is 38.5 Å². The molecule has 0 unspecified atom stereocenters. The zero-order chi connectivity index (χ0) is 20.4. The van der Waals surface area contributed by atoms with Crippen LogP contribution in [0, 0.1) is 0 Å². The first kappa shape index (κ1) is 23.4. The van der Waals surface area contributed by atoms with Gasteiger partial charge in [0, 0.05) is 11.1 Å². The van der Waals surface area contributed by atoms with Crippen molar-refractivity contribution in [1.29, 1.82) is 0 Å². The van der Waals surface area contributed by atoms with Crippen LogP contribution in [0.25, 0.3) is 0 Å². The summed E-state index contributed by atoms with van der Waals surface area (Å²) in [6.07, 6.45) is 7.58. The SMILES string of the molecule is COC1=C(OC)C(=O)C(CCCCCCCCCCS(=O)(=O)O)=C(C)C1=O.